The van der Waals surface area contributed by atoms with E-state index in [4.69, 9.17) is 4.74 Å². The molecule has 0 saturated heterocycles. The molecule has 0 bridgehead atoms. The average Bonchev–Trinajstić information content (AvgIpc) is 2.98. The summed E-state index contributed by atoms with van der Waals surface area (Å²) in [5.41, 5.74) is 2.59. The van der Waals surface area contributed by atoms with Crippen molar-refractivity contribution < 1.29 is 9.84 Å². The van der Waals surface area contributed by atoms with Gasteiger partial charge in [-0.3, -0.25) is 0 Å². The quantitative estimate of drug-likeness (QED) is 0.766. The molecule has 1 heterocycles. The summed E-state index contributed by atoms with van der Waals surface area (Å²) in [5.74, 6) is 1.07. The van der Waals surface area contributed by atoms with Crippen molar-refractivity contribution in [2.24, 2.45) is 0 Å². The van der Waals surface area contributed by atoms with Crippen molar-refractivity contribution >= 4 is 11.3 Å². The maximum absolute atomic E-state index is 9.92. The first-order valence-electron chi connectivity index (χ1n) is 6.75. The molecule has 3 nitrogen and oxygen atoms in total. The molecule has 1 aromatic heterocycles. The van der Waals surface area contributed by atoms with Crippen LogP contribution in [0.25, 0.3) is 21.8 Å². The summed E-state index contributed by atoms with van der Waals surface area (Å²) >= 11 is 1.51. The number of hydrogen-bond acceptors (Lipinski definition) is 4. The molecule has 0 saturated carbocycles. The summed E-state index contributed by atoms with van der Waals surface area (Å²) in [7, 11) is 0. The molecule has 0 spiro atoms. The maximum Gasteiger partial charge on any atom is 0.128 e. The summed E-state index contributed by atoms with van der Waals surface area (Å²) in [6, 6.07) is 15.1. The lowest BCUT2D eigenvalue weighted by atomic mass is 10.1. The van der Waals surface area contributed by atoms with E-state index in [-0.39, 0.29) is 5.75 Å². The van der Waals surface area contributed by atoms with Crippen LogP contribution in [0.2, 0.25) is 0 Å². The zero-order valence-electron chi connectivity index (χ0n) is 11.6. The van der Waals surface area contributed by atoms with Crippen molar-refractivity contribution in [1.29, 1.82) is 0 Å². The molecule has 0 aliphatic carbocycles. The van der Waals surface area contributed by atoms with Gasteiger partial charge in [-0.05, 0) is 31.2 Å². The number of para-hydroxylation sites is 2. The van der Waals surface area contributed by atoms with Crippen LogP contribution in [-0.4, -0.2) is 16.7 Å². The Morgan fingerprint density at radius 3 is 2.52 bits per heavy atom. The predicted octanol–water partition coefficient (Wildman–Crippen LogP) is 4.58. The molecule has 0 fully saturated rings. The molecule has 0 aliphatic rings. The van der Waals surface area contributed by atoms with Crippen molar-refractivity contribution in [3.05, 3.63) is 53.9 Å². The summed E-state index contributed by atoms with van der Waals surface area (Å²) < 4.78 is 5.65. The van der Waals surface area contributed by atoms with Crippen LogP contribution in [0.5, 0.6) is 11.5 Å². The smallest absolute Gasteiger partial charge is 0.128 e. The average molecular weight is 297 g/mol. The number of phenolic OH excluding ortho intramolecular Hbond substituents is 1. The summed E-state index contributed by atoms with van der Waals surface area (Å²) in [6.07, 6.45) is 0. The van der Waals surface area contributed by atoms with Gasteiger partial charge >= 0.3 is 0 Å². The Bertz CT molecular complexity index is 752. The first-order valence-corrected chi connectivity index (χ1v) is 7.63. The number of phenols is 1. The summed E-state index contributed by atoms with van der Waals surface area (Å²) in [4.78, 5) is 4.63. The van der Waals surface area contributed by atoms with E-state index >= 15 is 0 Å². The number of aromatic nitrogens is 1. The molecule has 3 aromatic rings. The first kappa shape index (κ1) is 13.6. The van der Waals surface area contributed by atoms with E-state index in [2.05, 4.69) is 4.98 Å². The molecule has 0 atom stereocenters. The van der Waals surface area contributed by atoms with Crippen LogP contribution in [0, 0.1) is 0 Å². The molecule has 21 heavy (non-hydrogen) atoms. The molecule has 3 rings (SSSR count). The van der Waals surface area contributed by atoms with Gasteiger partial charge in [0.2, 0.25) is 0 Å². The molecule has 0 amide bonds. The molecule has 0 radical (unpaired) electrons. The van der Waals surface area contributed by atoms with Gasteiger partial charge in [0.05, 0.1) is 17.9 Å². The number of aromatic hydroxyl groups is 1. The zero-order valence-corrected chi connectivity index (χ0v) is 12.4. The fourth-order valence-electron chi connectivity index (χ4n) is 2.14. The largest absolute Gasteiger partial charge is 0.507 e. The lowest BCUT2D eigenvalue weighted by molar-refractivity contribution is 0.341. The third-order valence-electron chi connectivity index (χ3n) is 3.10. The highest BCUT2D eigenvalue weighted by molar-refractivity contribution is 7.13. The fraction of sp³-hybridized carbons (Fsp3) is 0.118. The number of benzene rings is 2. The molecule has 0 unspecified atom stereocenters. The summed E-state index contributed by atoms with van der Waals surface area (Å²) in [6.45, 7) is 2.58. The van der Waals surface area contributed by atoms with Gasteiger partial charge in [0.25, 0.3) is 0 Å². The van der Waals surface area contributed by atoms with E-state index in [0.717, 1.165) is 27.6 Å². The van der Waals surface area contributed by atoms with Crippen LogP contribution in [0.3, 0.4) is 0 Å². The van der Waals surface area contributed by atoms with Crippen LogP contribution in [0.1, 0.15) is 6.92 Å². The number of hydrogen-bond donors (Lipinski definition) is 1. The Balaban J connectivity index is 2.01. The van der Waals surface area contributed by atoms with Crippen LogP contribution in [0.4, 0.5) is 0 Å². The molecule has 106 valence electrons. The zero-order chi connectivity index (χ0) is 14.7. The van der Waals surface area contributed by atoms with Crippen molar-refractivity contribution in [3.63, 3.8) is 0 Å². The molecule has 0 aliphatic heterocycles. The highest BCUT2D eigenvalue weighted by Crippen LogP contribution is 2.36. The molecular weight excluding hydrogens is 282 g/mol. The maximum atomic E-state index is 9.92. The van der Waals surface area contributed by atoms with E-state index in [9.17, 15) is 5.11 Å². The second-order valence-corrected chi connectivity index (χ2v) is 5.34. The minimum Gasteiger partial charge on any atom is -0.507 e. The molecular formula is C17H15NO2S. The predicted molar refractivity (Wildman–Crippen MR) is 85.8 cm³/mol. The van der Waals surface area contributed by atoms with Gasteiger partial charge in [-0.15, -0.1) is 11.3 Å². The lowest BCUT2D eigenvalue weighted by Crippen LogP contribution is -1.93. The Morgan fingerprint density at radius 2 is 1.76 bits per heavy atom. The fourth-order valence-corrected chi connectivity index (χ4v) is 2.99. The van der Waals surface area contributed by atoms with E-state index in [1.807, 2.05) is 48.7 Å². The van der Waals surface area contributed by atoms with Crippen molar-refractivity contribution in [3.8, 4) is 33.3 Å². The van der Waals surface area contributed by atoms with Crippen molar-refractivity contribution in [1.82, 2.24) is 4.98 Å². The van der Waals surface area contributed by atoms with Gasteiger partial charge < -0.3 is 9.84 Å². The van der Waals surface area contributed by atoms with E-state index < -0.39 is 0 Å². The third-order valence-corrected chi connectivity index (χ3v) is 3.98. The second kappa shape index (κ2) is 5.97. The minimum absolute atomic E-state index is 0.247. The van der Waals surface area contributed by atoms with Gasteiger partial charge in [-0.1, -0.05) is 24.3 Å². The van der Waals surface area contributed by atoms with E-state index in [1.54, 1.807) is 12.1 Å². The number of rotatable bonds is 4. The Labute approximate surface area is 127 Å². The lowest BCUT2D eigenvalue weighted by Gasteiger charge is -2.07. The first-order chi connectivity index (χ1) is 10.3. The number of thiazole rings is 1. The monoisotopic (exact) mass is 297 g/mol. The van der Waals surface area contributed by atoms with Gasteiger partial charge in [0.1, 0.15) is 16.5 Å². The Morgan fingerprint density at radius 1 is 1.05 bits per heavy atom. The normalized spacial score (nSPS) is 10.5. The third kappa shape index (κ3) is 2.76. The van der Waals surface area contributed by atoms with E-state index in [1.165, 1.54) is 11.3 Å². The van der Waals surface area contributed by atoms with Crippen molar-refractivity contribution in [2.45, 2.75) is 6.92 Å². The van der Waals surface area contributed by atoms with Gasteiger partial charge in [0.15, 0.2) is 0 Å². The Hall–Kier alpha value is -2.33. The van der Waals surface area contributed by atoms with Crippen LogP contribution < -0.4 is 4.74 Å². The van der Waals surface area contributed by atoms with Gasteiger partial charge in [-0.25, -0.2) is 4.98 Å². The topological polar surface area (TPSA) is 42.4 Å². The molecule has 2 aromatic carbocycles. The Kier molecular flexibility index (Phi) is 3.88. The van der Waals surface area contributed by atoms with Crippen LogP contribution >= 0.6 is 11.3 Å². The van der Waals surface area contributed by atoms with Gasteiger partial charge in [0, 0.05) is 10.9 Å². The van der Waals surface area contributed by atoms with Crippen molar-refractivity contribution in [2.75, 3.05) is 6.61 Å². The number of ether oxygens (including phenoxy) is 1. The molecule has 1 N–H and O–H groups in total. The number of nitrogens with zero attached hydrogens (tertiary/aromatic N) is 1. The molecule has 4 heteroatoms. The highest BCUT2D eigenvalue weighted by Gasteiger charge is 2.12. The minimum atomic E-state index is 0.247. The van der Waals surface area contributed by atoms with Crippen LogP contribution in [-0.2, 0) is 0 Å². The van der Waals surface area contributed by atoms with E-state index in [0.29, 0.717) is 6.61 Å². The highest BCUT2D eigenvalue weighted by atomic mass is 32.1. The van der Waals surface area contributed by atoms with Crippen LogP contribution in [0.15, 0.2) is 53.9 Å². The van der Waals surface area contributed by atoms with Gasteiger partial charge in [-0.2, -0.15) is 0 Å². The SMILES string of the molecule is CCOc1ccccc1-c1csc(-c2ccccc2O)n1. The standard InChI is InChI=1S/C17H15NO2S/c1-2-20-16-10-6-4-7-12(16)14-11-21-17(18-14)13-8-3-5-9-15(13)19/h3-11,19H,2H2,1H3. The second-order valence-electron chi connectivity index (χ2n) is 4.48. The summed E-state index contributed by atoms with van der Waals surface area (Å²) in [5, 5.41) is 12.7.